The molecule has 1 aromatic heterocycles. The van der Waals surface area contributed by atoms with Crippen LogP contribution >= 0.6 is 0 Å². The number of carboxylic acid groups (broad SMARTS) is 1. The van der Waals surface area contributed by atoms with Crippen molar-refractivity contribution < 1.29 is 9.90 Å². The van der Waals surface area contributed by atoms with E-state index in [9.17, 15) is 9.90 Å². The van der Waals surface area contributed by atoms with Gasteiger partial charge in [-0.15, -0.1) is 0 Å². The molecule has 0 aliphatic heterocycles. The molecule has 0 aliphatic rings. The number of hydrogen-bond acceptors (Lipinski definition) is 3. The van der Waals surface area contributed by atoms with Gasteiger partial charge in [0, 0.05) is 12.4 Å². The summed E-state index contributed by atoms with van der Waals surface area (Å²) >= 11 is 0. The lowest BCUT2D eigenvalue weighted by Crippen LogP contribution is -2.22. The maximum absolute atomic E-state index is 10.6. The normalized spacial score (nSPS) is 10.0. The summed E-state index contributed by atoms with van der Waals surface area (Å²) in [5.41, 5.74) is 0.856. The highest BCUT2D eigenvalue weighted by Crippen LogP contribution is 2.08. The molecule has 2 rings (SSSR count). The van der Waals surface area contributed by atoms with Gasteiger partial charge in [-0.3, -0.25) is 0 Å². The minimum atomic E-state index is -1.18. The molecule has 4 nitrogen and oxygen atoms in total. The standard InChI is InChI=1S/C10H8N2O2/c13-10(14)8-3-1-4-9(7-8)12-6-2-5-11-12/h1-7H,(H,13,14)/p-1. The third-order valence-corrected chi connectivity index (χ3v) is 1.85. The van der Waals surface area contributed by atoms with Gasteiger partial charge >= 0.3 is 0 Å². The number of nitrogens with zero attached hydrogens (tertiary/aromatic N) is 2. The Morgan fingerprint density at radius 2 is 2.21 bits per heavy atom. The van der Waals surface area contributed by atoms with Crippen molar-refractivity contribution >= 4 is 5.97 Å². The number of hydrogen-bond donors (Lipinski definition) is 0. The zero-order valence-corrected chi connectivity index (χ0v) is 7.25. The van der Waals surface area contributed by atoms with Gasteiger partial charge in [0.05, 0.1) is 11.7 Å². The van der Waals surface area contributed by atoms with Crippen LogP contribution < -0.4 is 5.11 Å². The summed E-state index contributed by atoms with van der Waals surface area (Å²) in [6.07, 6.45) is 3.38. The topological polar surface area (TPSA) is 57.9 Å². The van der Waals surface area contributed by atoms with E-state index >= 15 is 0 Å². The first-order chi connectivity index (χ1) is 6.77. The van der Waals surface area contributed by atoms with Crippen molar-refractivity contribution in [2.24, 2.45) is 0 Å². The third kappa shape index (κ3) is 1.50. The van der Waals surface area contributed by atoms with Crippen molar-refractivity contribution in [1.82, 2.24) is 9.78 Å². The summed E-state index contributed by atoms with van der Waals surface area (Å²) in [4.78, 5) is 10.6. The monoisotopic (exact) mass is 187 g/mol. The van der Waals surface area contributed by atoms with Crippen LogP contribution in [-0.2, 0) is 0 Å². The third-order valence-electron chi connectivity index (χ3n) is 1.85. The van der Waals surface area contributed by atoms with Crippen molar-refractivity contribution in [2.75, 3.05) is 0 Å². The lowest BCUT2D eigenvalue weighted by atomic mass is 10.2. The molecule has 0 fully saturated rings. The fourth-order valence-corrected chi connectivity index (χ4v) is 1.20. The van der Waals surface area contributed by atoms with E-state index in [-0.39, 0.29) is 5.56 Å². The van der Waals surface area contributed by atoms with Crippen LogP contribution in [0.2, 0.25) is 0 Å². The number of aromatic carboxylic acids is 1. The quantitative estimate of drug-likeness (QED) is 0.676. The number of rotatable bonds is 2. The van der Waals surface area contributed by atoms with Crippen LogP contribution in [-0.4, -0.2) is 15.7 Å². The average molecular weight is 187 g/mol. The Balaban J connectivity index is 2.46. The summed E-state index contributed by atoms with van der Waals surface area (Å²) < 4.78 is 1.59. The molecule has 0 saturated carbocycles. The van der Waals surface area contributed by atoms with Crippen LogP contribution in [0.4, 0.5) is 0 Å². The molecule has 4 heteroatoms. The van der Waals surface area contributed by atoms with Crippen LogP contribution in [0.5, 0.6) is 0 Å². The number of carboxylic acids is 1. The fourth-order valence-electron chi connectivity index (χ4n) is 1.20. The Kier molecular flexibility index (Phi) is 2.02. The largest absolute Gasteiger partial charge is 0.545 e. The van der Waals surface area contributed by atoms with Gasteiger partial charge in [-0.25, -0.2) is 4.68 Å². The maximum Gasteiger partial charge on any atom is 0.0716 e. The van der Waals surface area contributed by atoms with Crippen molar-refractivity contribution in [2.45, 2.75) is 0 Å². The Morgan fingerprint density at radius 3 is 2.86 bits per heavy atom. The van der Waals surface area contributed by atoms with E-state index in [0.29, 0.717) is 5.69 Å². The van der Waals surface area contributed by atoms with E-state index in [4.69, 9.17) is 0 Å². The molecule has 0 radical (unpaired) electrons. The van der Waals surface area contributed by atoms with E-state index in [1.165, 1.54) is 12.1 Å². The van der Waals surface area contributed by atoms with Crippen LogP contribution in [0.25, 0.3) is 5.69 Å². The van der Waals surface area contributed by atoms with E-state index in [1.54, 1.807) is 35.3 Å². The first kappa shape index (κ1) is 8.50. The lowest BCUT2D eigenvalue weighted by Gasteiger charge is -2.05. The van der Waals surface area contributed by atoms with E-state index in [0.717, 1.165) is 0 Å². The molecule has 70 valence electrons. The zero-order valence-electron chi connectivity index (χ0n) is 7.25. The Labute approximate surface area is 80.4 Å². The zero-order chi connectivity index (χ0) is 9.97. The minimum Gasteiger partial charge on any atom is -0.545 e. The predicted octanol–water partition coefficient (Wildman–Crippen LogP) is 0.236. The van der Waals surface area contributed by atoms with Gasteiger partial charge in [-0.05, 0) is 23.8 Å². The van der Waals surface area contributed by atoms with Crippen molar-refractivity contribution in [1.29, 1.82) is 0 Å². The summed E-state index contributed by atoms with van der Waals surface area (Å²) in [6.45, 7) is 0. The second kappa shape index (κ2) is 3.33. The van der Waals surface area contributed by atoms with Gasteiger partial charge in [0.1, 0.15) is 0 Å². The Bertz CT molecular complexity index is 449. The van der Waals surface area contributed by atoms with Gasteiger partial charge in [0.25, 0.3) is 0 Å². The first-order valence-corrected chi connectivity index (χ1v) is 4.09. The Morgan fingerprint density at radius 1 is 1.36 bits per heavy atom. The molecule has 0 spiro atoms. The smallest absolute Gasteiger partial charge is 0.0716 e. The summed E-state index contributed by atoms with van der Waals surface area (Å²) in [6, 6.07) is 8.21. The molecule has 0 amide bonds. The Hall–Kier alpha value is -2.10. The molecule has 0 unspecified atom stereocenters. The molecule has 0 bridgehead atoms. The molecule has 2 aromatic rings. The van der Waals surface area contributed by atoms with Gasteiger partial charge < -0.3 is 9.90 Å². The molecule has 1 heterocycles. The molecular formula is C10H7N2O2-. The minimum absolute atomic E-state index is 0.151. The number of aromatic nitrogens is 2. The van der Waals surface area contributed by atoms with E-state index in [2.05, 4.69) is 5.10 Å². The lowest BCUT2D eigenvalue weighted by molar-refractivity contribution is -0.255. The van der Waals surface area contributed by atoms with Gasteiger partial charge in [0.15, 0.2) is 0 Å². The summed E-state index contributed by atoms with van der Waals surface area (Å²) in [5.74, 6) is -1.18. The SMILES string of the molecule is O=C([O-])c1cccc(-n2cccn2)c1. The summed E-state index contributed by atoms with van der Waals surface area (Å²) in [7, 11) is 0. The molecule has 0 atom stereocenters. The van der Waals surface area contributed by atoms with Crippen molar-refractivity contribution in [3.05, 3.63) is 48.3 Å². The fraction of sp³-hybridized carbons (Fsp3) is 0. The number of carbonyl (C=O) groups excluding carboxylic acids is 1. The molecule has 1 aromatic carbocycles. The van der Waals surface area contributed by atoms with Crippen molar-refractivity contribution in [3.63, 3.8) is 0 Å². The van der Waals surface area contributed by atoms with Crippen LogP contribution in [0, 0.1) is 0 Å². The number of carbonyl (C=O) groups is 1. The van der Waals surface area contributed by atoms with E-state index < -0.39 is 5.97 Å². The average Bonchev–Trinajstić information content (AvgIpc) is 2.71. The maximum atomic E-state index is 10.6. The van der Waals surface area contributed by atoms with Crippen molar-refractivity contribution in [3.8, 4) is 5.69 Å². The highest BCUT2D eigenvalue weighted by molar-refractivity contribution is 5.86. The van der Waals surface area contributed by atoms with Crippen LogP contribution in [0.3, 0.4) is 0 Å². The molecule has 0 N–H and O–H groups in total. The second-order valence-electron chi connectivity index (χ2n) is 2.79. The molecule has 0 aliphatic carbocycles. The predicted molar refractivity (Wildman–Crippen MR) is 47.9 cm³/mol. The van der Waals surface area contributed by atoms with Crippen LogP contribution in [0.15, 0.2) is 42.7 Å². The highest BCUT2D eigenvalue weighted by Gasteiger charge is 1.98. The highest BCUT2D eigenvalue weighted by atomic mass is 16.4. The first-order valence-electron chi connectivity index (χ1n) is 4.09. The van der Waals surface area contributed by atoms with Gasteiger partial charge in [0.2, 0.25) is 0 Å². The molecule has 0 saturated heterocycles. The number of benzene rings is 1. The van der Waals surface area contributed by atoms with Gasteiger partial charge in [-0.2, -0.15) is 5.10 Å². The van der Waals surface area contributed by atoms with Crippen LogP contribution in [0.1, 0.15) is 10.4 Å². The molecular weight excluding hydrogens is 180 g/mol. The summed E-state index contributed by atoms with van der Waals surface area (Å²) in [5, 5.41) is 14.6. The second-order valence-corrected chi connectivity index (χ2v) is 2.79. The van der Waals surface area contributed by atoms with Gasteiger partial charge in [-0.1, -0.05) is 12.1 Å². The van der Waals surface area contributed by atoms with E-state index in [1.807, 2.05) is 0 Å². The molecule has 14 heavy (non-hydrogen) atoms.